The third-order valence-electron chi connectivity index (χ3n) is 3.19. The number of phenols is 2. The normalized spacial score (nSPS) is 10.9. The zero-order chi connectivity index (χ0) is 15.1. The van der Waals surface area contributed by atoms with Gasteiger partial charge in [0.1, 0.15) is 17.1 Å². The number of nitrogens with two attached hydrogens (primary N) is 2. The van der Waals surface area contributed by atoms with E-state index in [0.29, 0.717) is 22.1 Å². The van der Waals surface area contributed by atoms with E-state index in [9.17, 15) is 15.0 Å². The summed E-state index contributed by atoms with van der Waals surface area (Å²) in [6.07, 6.45) is 0. The highest BCUT2D eigenvalue weighted by Crippen LogP contribution is 2.34. The van der Waals surface area contributed by atoms with Crippen molar-refractivity contribution in [2.75, 3.05) is 5.73 Å². The molecule has 0 fully saturated rings. The smallest absolute Gasteiger partial charge is 0.286 e. The molecule has 6 N–H and O–H groups in total. The van der Waals surface area contributed by atoms with Crippen LogP contribution in [0, 0.1) is 0 Å². The van der Waals surface area contributed by atoms with Crippen LogP contribution < -0.4 is 11.5 Å². The van der Waals surface area contributed by atoms with Crippen LogP contribution >= 0.6 is 0 Å². The summed E-state index contributed by atoms with van der Waals surface area (Å²) in [6.45, 7) is 0. The monoisotopic (exact) mass is 284 g/mol. The molecule has 21 heavy (non-hydrogen) atoms. The predicted molar refractivity (Wildman–Crippen MR) is 77.9 cm³/mol. The third kappa shape index (κ3) is 2.12. The van der Waals surface area contributed by atoms with Gasteiger partial charge in [-0.3, -0.25) is 4.79 Å². The number of rotatable bonds is 2. The predicted octanol–water partition coefficient (Wildman–Crippen LogP) is 2.19. The first kappa shape index (κ1) is 12.9. The Morgan fingerprint density at radius 2 is 1.67 bits per heavy atom. The number of fused-ring (bicyclic) bond motifs is 1. The van der Waals surface area contributed by atoms with Gasteiger partial charge in [0.05, 0.1) is 5.69 Å². The molecule has 106 valence electrons. The van der Waals surface area contributed by atoms with Gasteiger partial charge < -0.3 is 26.1 Å². The molecule has 3 rings (SSSR count). The van der Waals surface area contributed by atoms with Crippen LogP contribution in [0.15, 0.2) is 40.8 Å². The van der Waals surface area contributed by atoms with Crippen molar-refractivity contribution >= 4 is 22.6 Å². The van der Waals surface area contributed by atoms with Gasteiger partial charge in [0.2, 0.25) is 5.76 Å². The molecule has 0 bridgehead atoms. The van der Waals surface area contributed by atoms with Crippen molar-refractivity contribution < 1.29 is 19.4 Å². The molecule has 0 saturated heterocycles. The van der Waals surface area contributed by atoms with E-state index in [-0.39, 0.29) is 22.9 Å². The Morgan fingerprint density at radius 3 is 2.29 bits per heavy atom. The standard InChI is InChI=1S/C15H12N2O4/c16-13-11-5-7(8-3-9(18)6-10(19)4-8)1-2-12(11)21-14(13)15(17)20/h1-6,18-19H,16H2,(H2,17,20). The van der Waals surface area contributed by atoms with Gasteiger partial charge in [-0.15, -0.1) is 0 Å². The highest BCUT2D eigenvalue weighted by atomic mass is 16.3. The molecule has 0 aliphatic heterocycles. The van der Waals surface area contributed by atoms with E-state index in [1.165, 1.54) is 18.2 Å². The molecule has 1 aromatic heterocycles. The van der Waals surface area contributed by atoms with Crippen LogP contribution in [0.5, 0.6) is 11.5 Å². The quantitative estimate of drug-likeness (QED) is 0.574. The van der Waals surface area contributed by atoms with Crippen molar-refractivity contribution in [1.82, 2.24) is 0 Å². The van der Waals surface area contributed by atoms with E-state index >= 15 is 0 Å². The zero-order valence-electron chi connectivity index (χ0n) is 10.8. The first-order chi connectivity index (χ1) is 9.95. The summed E-state index contributed by atoms with van der Waals surface area (Å²) in [7, 11) is 0. The molecule has 0 aliphatic carbocycles. The highest BCUT2D eigenvalue weighted by molar-refractivity contribution is 6.05. The van der Waals surface area contributed by atoms with Crippen molar-refractivity contribution in [3.8, 4) is 22.6 Å². The molecule has 0 atom stereocenters. The van der Waals surface area contributed by atoms with E-state index in [2.05, 4.69) is 0 Å². The second-order valence-electron chi connectivity index (χ2n) is 4.66. The molecule has 1 heterocycles. The first-order valence-electron chi connectivity index (χ1n) is 6.11. The van der Waals surface area contributed by atoms with Gasteiger partial charge in [0.25, 0.3) is 5.91 Å². The first-order valence-corrected chi connectivity index (χ1v) is 6.11. The summed E-state index contributed by atoms with van der Waals surface area (Å²) in [4.78, 5) is 11.2. The minimum atomic E-state index is -0.736. The number of nitrogen functional groups attached to an aromatic ring is 1. The topological polar surface area (TPSA) is 123 Å². The molecule has 0 unspecified atom stereocenters. The Bertz CT molecular complexity index is 847. The number of aromatic hydroxyl groups is 2. The van der Waals surface area contributed by atoms with Crippen molar-refractivity contribution in [3.05, 3.63) is 42.2 Å². The Kier molecular flexibility index (Phi) is 2.72. The Balaban J connectivity index is 2.21. The summed E-state index contributed by atoms with van der Waals surface area (Å²) >= 11 is 0. The van der Waals surface area contributed by atoms with E-state index in [1.807, 2.05) is 0 Å². The van der Waals surface area contributed by atoms with Gasteiger partial charge in [-0.1, -0.05) is 6.07 Å². The fraction of sp³-hybridized carbons (Fsp3) is 0. The summed E-state index contributed by atoms with van der Waals surface area (Å²) in [5, 5.41) is 19.6. The molecule has 0 radical (unpaired) electrons. The van der Waals surface area contributed by atoms with Crippen molar-refractivity contribution in [2.45, 2.75) is 0 Å². The number of carbonyl (C=O) groups excluding carboxylic acids is 1. The minimum absolute atomic E-state index is 0.0527. The lowest BCUT2D eigenvalue weighted by Crippen LogP contribution is -2.11. The number of furan rings is 1. The van der Waals surface area contributed by atoms with Gasteiger partial charge >= 0.3 is 0 Å². The van der Waals surface area contributed by atoms with Crippen LogP contribution in [0.4, 0.5) is 5.69 Å². The van der Waals surface area contributed by atoms with Crippen LogP contribution in [0.2, 0.25) is 0 Å². The van der Waals surface area contributed by atoms with Gasteiger partial charge in [0, 0.05) is 11.5 Å². The van der Waals surface area contributed by atoms with Gasteiger partial charge in [-0.2, -0.15) is 0 Å². The van der Waals surface area contributed by atoms with Crippen LogP contribution in [-0.2, 0) is 0 Å². The molecule has 6 nitrogen and oxygen atoms in total. The molecule has 0 spiro atoms. The molecule has 6 heteroatoms. The molecule has 1 amide bonds. The van der Waals surface area contributed by atoms with Gasteiger partial charge in [-0.25, -0.2) is 0 Å². The van der Waals surface area contributed by atoms with Gasteiger partial charge in [0.15, 0.2) is 0 Å². The molecular formula is C15H12N2O4. The average molecular weight is 284 g/mol. The maximum atomic E-state index is 11.2. The SMILES string of the molecule is NC(=O)c1oc2ccc(-c3cc(O)cc(O)c3)cc2c1N. The molecule has 3 aromatic rings. The van der Waals surface area contributed by atoms with Crippen LogP contribution in [0.25, 0.3) is 22.1 Å². The van der Waals surface area contributed by atoms with E-state index < -0.39 is 5.91 Å². The fourth-order valence-corrected chi connectivity index (χ4v) is 2.24. The fourth-order valence-electron chi connectivity index (χ4n) is 2.24. The minimum Gasteiger partial charge on any atom is -0.508 e. The number of anilines is 1. The lowest BCUT2D eigenvalue weighted by Gasteiger charge is -2.04. The van der Waals surface area contributed by atoms with Crippen LogP contribution in [0.3, 0.4) is 0 Å². The summed E-state index contributed by atoms with van der Waals surface area (Å²) in [6, 6.07) is 9.32. The second kappa shape index (κ2) is 4.45. The number of carbonyl (C=O) groups is 1. The summed E-state index contributed by atoms with van der Waals surface area (Å²) in [5.41, 5.74) is 13.0. The Labute approximate surface area is 119 Å². The third-order valence-corrected chi connectivity index (χ3v) is 3.19. The second-order valence-corrected chi connectivity index (χ2v) is 4.66. The van der Waals surface area contributed by atoms with Crippen LogP contribution in [-0.4, -0.2) is 16.1 Å². The van der Waals surface area contributed by atoms with Crippen molar-refractivity contribution in [3.63, 3.8) is 0 Å². The zero-order valence-corrected chi connectivity index (χ0v) is 10.8. The average Bonchev–Trinajstić information content (AvgIpc) is 2.75. The van der Waals surface area contributed by atoms with Crippen LogP contribution in [0.1, 0.15) is 10.6 Å². The number of primary amides is 1. The van der Waals surface area contributed by atoms with Crippen molar-refractivity contribution in [1.29, 1.82) is 0 Å². The molecule has 0 saturated carbocycles. The number of hydrogen-bond acceptors (Lipinski definition) is 5. The number of phenolic OH excluding ortho intramolecular Hbond substituents is 2. The van der Waals surface area contributed by atoms with E-state index in [4.69, 9.17) is 15.9 Å². The Morgan fingerprint density at radius 1 is 1.00 bits per heavy atom. The molecular weight excluding hydrogens is 272 g/mol. The summed E-state index contributed by atoms with van der Waals surface area (Å²) < 4.78 is 5.30. The largest absolute Gasteiger partial charge is 0.508 e. The number of hydrogen-bond donors (Lipinski definition) is 4. The van der Waals surface area contributed by atoms with Crippen molar-refractivity contribution in [2.24, 2.45) is 5.73 Å². The number of benzene rings is 2. The molecule has 2 aromatic carbocycles. The number of amides is 1. The summed E-state index contributed by atoms with van der Waals surface area (Å²) in [5.74, 6) is -0.924. The Hall–Kier alpha value is -3.15. The lowest BCUT2D eigenvalue weighted by molar-refractivity contribution is 0.0977. The lowest BCUT2D eigenvalue weighted by atomic mass is 10.0. The van der Waals surface area contributed by atoms with Gasteiger partial charge in [-0.05, 0) is 35.4 Å². The molecule has 0 aliphatic rings. The highest BCUT2D eigenvalue weighted by Gasteiger charge is 2.16. The maximum absolute atomic E-state index is 11.2. The maximum Gasteiger partial charge on any atom is 0.286 e. The van der Waals surface area contributed by atoms with E-state index in [1.54, 1.807) is 18.2 Å². The van der Waals surface area contributed by atoms with E-state index in [0.717, 1.165) is 0 Å².